The maximum atomic E-state index is 12.8. The number of phenols is 1. The zero-order valence-corrected chi connectivity index (χ0v) is 12.2. The zero-order valence-electron chi connectivity index (χ0n) is 12.2. The van der Waals surface area contributed by atoms with Crippen LogP contribution < -0.4 is 0 Å². The maximum absolute atomic E-state index is 12.8. The summed E-state index contributed by atoms with van der Waals surface area (Å²) in [6, 6.07) is 17.3. The van der Waals surface area contributed by atoms with Crippen LogP contribution in [0.15, 0.2) is 66.7 Å². The Hall–Kier alpha value is -2.35. The van der Waals surface area contributed by atoms with Crippen LogP contribution in [0, 0.1) is 17.8 Å². The minimum atomic E-state index is -0.0199. The van der Waals surface area contributed by atoms with Gasteiger partial charge in [-0.1, -0.05) is 54.6 Å². The molecule has 0 aliphatic heterocycles. The number of benzene rings is 2. The van der Waals surface area contributed by atoms with Crippen molar-refractivity contribution in [3.8, 4) is 5.75 Å². The summed E-state index contributed by atoms with van der Waals surface area (Å²) in [6.45, 7) is 0. The SMILES string of the molecule is O=C(c1ccccc1O)[C@@H]1C[C@@H]2C=C[C@H]1[C@H]2c1ccccc1. The summed E-state index contributed by atoms with van der Waals surface area (Å²) in [5.74, 6) is 1.24. The molecule has 2 heteroatoms. The zero-order chi connectivity index (χ0) is 15.1. The molecule has 2 nitrogen and oxygen atoms in total. The van der Waals surface area contributed by atoms with E-state index < -0.39 is 0 Å². The standard InChI is InChI=1S/C20H18O2/c21-18-9-5-4-8-16(18)20(22)17-12-14-10-11-15(17)19(14)13-6-2-1-3-7-13/h1-11,14-15,17,19,21H,12H2/t14-,15+,17+,19-/m0/s1. The molecule has 4 atom stereocenters. The van der Waals surface area contributed by atoms with Crippen LogP contribution in [0.4, 0.5) is 0 Å². The molecular formula is C20H18O2. The summed E-state index contributed by atoms with van der Waals surface area (Å²) >= 11 is 0. The van der Waals surface area contributed by atoms with E-state index in [0.29, 0.717) is 17.4 Å². The third kappa shape index (κ3) is 1.98. The van der Waals surface area contributed by atoms with Crippen molar-refractivity contribution in [3.63, 3.8) is 0 Å². The smallest absolute Gasteiger partial charge is 0.170 e. The number of ketones is 1. The molecular weight excluding hydrogens is 272 g/mol. The van der Waals surface area contributed by atoms with E-state index in [0.717, 1.165) is 6.42 Å². The molecule has 0 heterocycles. The van der Waals surface area contributed by atoms with Gasteiger partial charge in [0.15, 0.2) is 5.78 Å². The van der Waals surface area contributed by atoms with Gasteiger partial charge in [0.05, 0.1) is 5.56 Å². The van der Waals surface area contributed by atoms with E-state index in [1.165, 1.54) is 5.56 Å². The van der Waals surface area contributed by atoms with Crippen molar-refractivity contribution in [1.82, 2.24) is 0 Å². The highest BCUT2D eigenvalue weighted by Crippen LogP contribution is 2.54. The molecule has 2 aromatic carbocycles. The third-order valence-corrected chi connectivity index (χ3v) is 5.14. The average molecular weight is 290 g/mol. The molecule has 0 unspecified atom stereocenters. The number of para-hydroxylation sites is 1. The van der Waals surface area contributed by atoms with Crippen LogP contribution in [0.2, 0.25) is 0 Å². The Bertz CT molecular complexity index is 732. The lowest BCUT2D eigenvalue weighted by atomic mass is 9.83. The van der Waals surface area contributed by atoms with E-state index in [1.54, 1.807) is 18.2 Å². The van der Waals surface area contributed by atoms with Crippen LogP contribution in [0.5, 0.6) is 5.75 Å². The lowest BCUT2D eigenvalue weighted by molar-refractivity contribution is 0.0897. The van der Waals surface area contributed by atoms with Gasteiger partial charge in [0.1, 0.15) is 5.75 Å². The number of hydrogen-bond donors (Lipinski definition) is 1. The predicted octanol–water partition coefficient (Wildman–Crippen LogP) is 4.18. The number of fused-ring (bicyclic) bond motifs is 2. The van der Waals surface area contributed by atoms with Gasteiger partial charge in [-0.3, -0.25) is 4.79 Å². The summed E-state index contributed by atoms with van der Waals surface area (Å²) < 4.78 is 0. The summed E-state index contributed by atoms with van der Waals surface area (Å²) in [6.07, 6.45) is 5.35. The summed E-state index contributed by atoms with van der Waals surface area (Å²) in [5.41, 5.74) is 1.77. The third-order valence-electron chi connectivity index (χ3n) is 5.14. The lowest BCUT2D eigenvalue weighted by Crippen LogP contribution is -2.20. The predicted molar refractivity (Wildman–Crippen MR) is 85.8 cm³/mol. The van der Waals surface area contributed by atoms with Crippen LogP contribution in [0.3, 0.4) is 0 Å². The number of carbonyl (C=O) groups excluding carboxylic acids is 1. The second-order valence-electron chi connectivity index (χ2n) is 6.29. The minimum Gasteiger partial charge on any atom is -0.507 e. The Morgan fingerprint density at radius 2 is 1.68 bits per heavy atom. The van der Waals surface area contributed by atoms with Gasteiger partial charge in [-0.15, -0.1) is 0 Å². The van der Waals surface area contributed by atoms with Gasteiger partial charge >= 0.3 is 0 Å². The number of Topliss-reactive ketones (excluding diaryl/α,β-unsaturated/α-hetero) is 1. The van der Waals surface area contributed by atoms with Crippen molar-refractivity contribution in [1.29, 1.82) is 0 Å². The first-order chi connectivity index (χ1) is 10.8. The number of phenolic OH excluding ortho intramolecular Hbond substituents is 1. The van der Waals surface area contributed by atoms with Crippen molar-refractivity contribution in [2.75, 3.05) is 0 Å². The summed E-state index contributed by atoms with van der Waals surface area (Å²) in [5, 5.41) is 9.96. The molecule has 0 aromatic heterocycles. The number of allylic oxidation sites excluding steroid dienone is 2. The van der Waals surface area contributed by atoms with Crippen molar-refractivity contribution in [2.45, 2.75) is 12.3 Å². The maximum Gasteiger partial charge on any atom is 0.170 e. The second kappa shape index (κ2) is 5.13. The fourth-order valence-electron chi connectivity index (χ4n) is 4.16. The van der Waals surface area contributed by atoms with Crippen LogP contribution in [-0.2, 0) is 0 Å². The lowest BCUT2D eigenvalue weighted by Gasteiger charge is -2.20. The topological polar surface area (TPSA) is 37.3 Å². The number of carbonyl (C=O) groups is 1. The monoisotopic (exact) mass is 290 g/mol. The normalized spacial score (nSPS) is 28.9. The summed E-state index contributed by atoms with van der Waals surface area (Å²) in [4.78, 5) is 12.8. The molecule has 0 saturated heterocycles. The van der Waals surface area contributed by atoms with E-state index in [-0.39, 0.29) is 23.4 Å². The molecule has 2 bridgehead atoms. The Kier molecular flexibility index (Phi) is 3.11. The number of hydrogen-bond acceptors (Lipinski definition) is 2. The van der Waals surface area contributed by atoms with E-state index in [4.69, 9.17) is 0 Å². The van der Waals surface area contributed by atoms with E-state index in [1.807, 2.05) is 12.1 Å². The van der Waals surface area contributed by atoms with Crippen LogP contribution in [-0.4, -0.2) is 10.9 Å². The van der Waals surface area contributed by atoms with Crippen LogP contribution in [0.25, 0.3) is 0 Å². The molecule has 1 N–H and O–H groups in total. The fraction of sp³-hybridized carbons (Fsp3) is 0.250. The van der Waals surface area contributed by atoms with Gasteiger partial charge < -0.3 is 5.11 Å². The fourth-order valence-corrected chi connectivity index (χ4v) is 4.16. The summed E-state index contributed by atoms with van der Waals surface area (Å²) in [7, 11) is 0. The molecule has 2 aliphatic rings. The molecule has 0 radical (unpaired) electrons. The Labute approximate surface area is 130 Å². The minimum absolute atomic E-state index is 0.0199. The van der Waals surface area contributed by atoms with Gasteiger partial charge in [0.25, 0.3) is 0 Å². The van der Waals surface area contributed by atoms with E-state index in [9.17, 15) is 9.90 Å². The molecule has 4 rings (SSSR count). The molecule has 110 valence electrons. The molecule has 22 heavy (non-hydrogen) atoms. The molecule has 2 aromatic rings. The Morgan fingerprint density at radius 1 is 0.955 bits per heavy atom. The van der Waals surface area contributed by atoms with E-state index in [2.05, 4.69) is 36.4 Å². The Morgan fingerprint density at radius 3 is 2.45 bits per heavy atom. The molecule has 2 aliphatic carbocycles. The second-order valence-corrected chi connectivity index (χ2v) is 6.29. The van der Waals surface area contributed by atoms with Crippen molar-refractivity contribution in [3.05, 3.63) is 77.9 Å². The highest BCUT2D eigenvalue weighted by Gasteiger charge is 2.48. The number of rotatable bonds is 3. The van der Waals surface area contributed by atoms with Gasteiger partial charge in [-0.2, -0.15) is 0 Å². The van der Waals surface area contributed by atoms with Crippen LogP contribution in [0.1, 0.15) is 28.3 Å². The van der Waals surface area contributed by atoms with Gasteiger partial charge in [0.2, 0.25) is 0 Å². The highest BCUT2D eigenvalue weighted by molar-refractivity contribution is 6.01. The molecule has 1 saturated carbocycles. The molecule has 0 amide bonds. The van der Waals surface area contributed by atoms with Crippen LogP contribution >= 0.6 is 0 Å². The first-order valence-electron chi connectivity index (χ1n) is 7.81. The molecule has 0 spiro atoms. The highest BCUT2D eigenvalue weighted by atomic mass is 16.3. The first kappa shape index (κ1) is 13.3. The molecule has 1 fully saturated rings. The first-order valence-corrected chi connectivity index (χ1v) is 7.81. The average Bonchev–Trinajstić information content (AvgIpc) is 3.13. The van der Waals surface area contributed by atoms with Gasteiger partial charge in [0, 0.05) is 5.92 Å². The van der Waals surface area contributed by atoms with Crippen molar-refractivity contribution in [2.24, 2.45) is 17.8 Å². The quantitative estimate of drug-likeness (QED) is 0.680. The largest absolute Gasteiger partial charge is 0.507 e. The van der Waals surface area contributed by atoms with Gasteiger partial charge in [-0.25, -0.2) is 0 Å². The van der Waals surface area contributed by atoms with Crippen molar-refractivity contribution < 1.29 is 9.90 Å². The van der Waals surface area contributed by atoms with Crippen molar-refractivity contribution >= 4 is 5.78 Å². The van der Waals surface area contributed by atoms with Gasteiger partial charge in [-0.05, 0) is 41.9 Å². The van der Waals surface area contributed by atoms with E-state index >= 15 is 0 Å². The number of aromatic hydroxyl groups is 1. The Balaban J connectivity index is 1.65.